The highest BCUT2D eigenvalue weighted by atomic mass is 35.5. The zero-order valence-corrected chi connectivity index (χ0v) is 20.7. The lowest BCUT2D eigenvalue weighted by atomic mass is 10.1. The van der Waals surface area contributed by atoms with Crippen LogP contribution >= 0.6 is 23.2 Å². The molecule has 0 aliphatic carbocycles. The van der Waals surface area contributed by atoms with Gasteiger partial charge >= 0.3 is 5.97 Å². The minimum Gasteiger partial charge on any atom is -0.490 e. The lowest BCUT2D eigenvalue weighted by Crippen LogP contribution is -2.45. The molecule has 1 fully saturated rings. The summed E-state index contributed by atoms with van der Waals surface area (Å²) in [4.78, 5) is 13.8. The Morgan fingerprint density at radius 3 is 2.55 bits per heavy atom. The van der Waals surface area contributed by atoms with Gasteiger partial charge in [-0.3, -0.25) is 0 Å². The summed E-state index contributed by atoms with van der Waals surface area (Å²) in [6, 6.07) is 7.85. The van der Waals surface area contributed by atoms with Gasteiger partial charge in [0.1, 0.15) is 17.5 Å². The number of esters is 1. The van der Waals surface area contributed by atoms with E-state index in [4.69, 9.17) is 27.9 Å². The molecule has 0 saturated carbocycles. The van der Waals surface area contributed by atoms with Crippen LogP contribution in [0, 0.1) is 0 Å². The fourth-order valence-corrected chi connectivity index (χ4v) is 5.22. The number of likely N-dealkylation sites (tertiary alicyclic amines) is 1. The third kappa shape index (κ3) is 6.62. The number of aromatic nitrogens is 1. The highest BCUT2D eigenvalue weighted by molar-refractivity contribution is 7.89. The zero-order chi connectivity index (χ0) is 24.2. The third-order valence-corrected chi connectivity index (χ3v) is 7.70. The van der Waals surface area contributed by atoms with Crippen LogP contribution in [-0.4, -0.2) is 74.5 Å². The van der Waals surface area contributed by atoms with E-state index in [1.165, 1.54) is 30.9 Å². The van der Waals surface area contributed by atoms with Crippen LogP contribution in [-0.2, 0) is 21.8 Å². The topological polar surface area (TPSA) is 110 Å². The maximum absolute atomic E-state index is 12.6. The lowest BCUT2D eigenvalue weighted by Gasteiger charge is -2.33. The van der Waals surface area contributed by atoms with E-state index in [9.17, 15) is 18.3 Å². The molecule has 1 aliphatic rings. The first-order valence-electron chi connectivity index (χ1n) is 10.4. The van der Waals surface area contributed by atoms with Crippen molar-refractivity contribution in [3.63, 3.8) is 0 Å². The molecule has 0 amide bonds. The van der Waals surface area contributed by atoms with E-state index in [1.54, 1.807) is 18.2 Å². The van der Waals surface area contributed by atoms with Gasteiger partial charge in [0.25, 0.3) is 10.0 Å². The Labute approximate surface area is 203 Å². The predicted molar refractivity (Wildman–Crippen MR) is 124 cm³/mol. The second kappa shape index (κ2) is 11.1. The minimum absolute atomic E-state index is 0.0236. The number of nitrogens with zero attached hydrogens (tertiary/aromatic N) is 2. The van der Waals surface area contributed by atoms with Crippen LogP contribution in [0.1, 0.15) is 23.3 Å². The van der Waals surface area contributed by atoms with Gasteiger partial charge in [-0.25, -0.2) is 17.9 Å². The second-order valence-corrected chi connectivity index (χ2v) is 10.3. The number of rotatable bonds is 9. The van der Waals surface area contributed by atoms with Crippen LogP contribution < -0.4 is 9.46 Å². The molecule has 33 heavy (non-hydrogen) atoms. The van der Waals surface area contributed by atoms with Gasteiger partial charge < -0.3 is 24.0 Å². The summed E-state index contributed by atoms with van der Waals surface area (Å²) < 4.78 is 39.4. The van der Waals surface area contributed by atoms with Crippen molar-refractivity contribution in [2.75, 3.05) is 33.3 Å². The first-order chi connectivity index (χ1) is 15.6. The monoisotopic (exact) mass is 519 g/mol. The number of methoxy groups -OCH3 is 1. The van der Waals surface area contributed by atoms with E-state index in [2.05, 4.69) is 14.4 Å². The number of hydrogen-bond donors (Lipinski definition) is 2. The number of piperidine rings is 1. The van der Waals surface area contributed by atoms with E-state index >= 15 is 0 Å². The number of nitrogens with one attached hydrogen (secondary N) is 1. The number of carbonyl (C=O) groups excluding carboxylic acids is 1. The minimum atomic E-state index is -3.91. The van der Waals surface area contributed by atoms with Gasteiger partial charge in [0.15, 0.2) is 5.03 Å². The third-order valence-electron chi connectivity index (χ3n) is 5.45. The summed E-state index contributed by atoms with van der Waals surface area (Å²) in [5.41, 5.74) is 0.115. The summed E-state index contributed by atoms with van der Waals surface area (Å²) in [5, 5.41) is 11.2. The smallest absolute Gasteiger partial charge is 0.354 e. The molecular formula is C21H27Cl2N3O6S. The molecule has 3 rings (SSSR count). The molecule has 182 valence electrons. The Morgan fingerprint density at radius 1 is 1.21 bits per heavy atom. The Bertz CT molecular complexity index is 1080. The van der Waals surface area contributed by atoms with Gasteiger partial charge in [-0.2, -0.15) is 0 Å². The molecule has 0 bridgehead atoms. The summed E-state index contributed by atoms with van der Waals surface area (Å²) in [5.74, 6) is 0.0267. The van der Waals surface area contributed by atoms with Gasteiger partial charge in [0.05, 0.1) is 23.3 Å². The molecule has 0 radical (unpaired) electrons. The number of hydrogen-bond acceptors (Lipinski definition) is 7. The van der Waals surface area contributed by atoms with E-state index in [1.807, 2.05) is 0 Å². The molecule has 2 N–H and O–H groups in total. The van der Waals surface area contributed by atoms with E-state index < -0.39 is 22.1 Å². The van der Waals surface area contributed by atoms with Gasteiger partial charge in [0, 0.05) is 39.3 Å². The van der Waals surface area contributed by atoms with Crippen molar-refractivity contribution in [3.05, 3.63) is 46.1 Å². The van der Waals surface area contributed by atoms with Gasteiger partial charge in [-0.15, -0.1) is 0 Å². The molecule has 9 nitrogen and oxygen atoms in total. The molecular weight excluding hydrogens is 493 g/mol. The molecule has 12 heteroatoms. The first kappa shape index (κ1) is 25.8. The average Bonchev–Trinajstić information content (AvgIpc) is 3.18. The van der Waals surface area contributed by atoms with Crippen molar-refractivity contribution >= 4 is 39.2 Å². The summed E-state index contributed by atoms with van der Waals surface area (Å²) in [6.07, 6.45) is 0.652. The maximum Gasteiger partial charge on any atom is 0.354 e. The number of aliphatic hydroxyl groups is 1. The summed E-state index contributed by atoms with van der Waals surface area (Å²) in [7, 11) is -1.23. The van der Waals surface area contributed by atoms with Crippen molar-refractivity contribution in [2.45, 2.75) is 30.1 Å². The molecule has 2 aromatic rings. The molecule has 1 aromatic heterocycles. The van der Waals surface area contributed by atoms with E-state index in [0.717, 1.165) is 12.8 Å². The fraction of sp³-hybridized carbons (Fsp3) is 0.476. The van der Waals surface area contributed by atoms with Crippen LogP contribution in [0.3, 0.4) is 0 Å². The largest absolute Gasteiger partial charge is 0.490 e. The van der Waals surface area contributed by atoms with Crippen LogP contribution in [0.5, 0.6) is 5.75 Å². The predicted octanol–water partition coefficient (Wildman–Crippen LogP) is 2.30. The zero-order valence-electron chi connectivity index (χ0n) is 18.3. The molecule has 1 aromatic carbocycles. The molecule has 0 unspecified atom stereocenters. The molecule has 1 atom stereocenters. The van der Waals surface area contributed by atoms with Crippen LogP contribution in [0.2, 0.25) is 10.0 Å². The quantitative estimate of drug-likeness (QED) is 0.489. The number of carbonyl (C=O) groups is 1. The van der Waals surface area contributed by atoms with Crippen molar-refractivity contribution in [3.8, 4) is 5.75 Å². The number of ether oxygens (including phenoxy) is 2. The van der Waals surface area contributed by atoms with E-state index in [0.29, 0.717) is 35.4 Å². The standard InChI is InChI=1S/C21H27Cl2N3O6S/c1-25-19(21(28)31-2)5-6-20(25)33(29,30)24-12-14(27)13-26-9-7-15(8-10-26)32-16-3-4-17(22)18(23)11-16/h3-6,11,14-15,24,27H,7-10,12-13H2,1-2H3/t14-/m0/s1. The maximum atomic E-state index is 12.6. The number of benzene rings is 1. The highest BCUT2D eigenvalue weighted by Gasteiger charge is 2.25. The Kier molecular flexibility index (Phi) is 8.65. The van der Waals surface area contributed by atoms with Crippen molar-refractivity contribution in [1.29, 1.82) is 0 Å². The SMILES string of the molecule is COC(=O)c1ccc(S(=O)(=O)NC[C@H](O)CN2CCC(Oc3ccc(Cl)c(Cl)c3)CC2)n1C. The van der Waals surface area contributed by atoms with Crippen molar-refractivity contribution in [1.82, 2.24) is 14.2 Å². The number of sulfonamides is 1. The summed E-state index contributed by atoms with van der Waals surface area (Å²) >= 11 is 12.0. The van der Waals surface area contributed by atoms with Gasteiger partial charge in [-0.05, 0) is 37.1 Å². The summed E-state index contributed by atoms with van der Waals surface area (Å²) in [6.45, 7) is 1.58. The number of β-amino-alcohol motifs (C(OH)–C–C–N with tert-alkyl or cyclic N) is 1. The molecule has 1 aliphatic heterocycles. The average molecular weight is 520 g/mol. The first-order valence-corrected chi connectivity index (χ1v) is 12.6. The number of halogens is 2. The molecule has 0 spiro atoms. The van der Waals surface area contributed by atoms with Gasteiger partial charge in [-0.1, -0.05) is 23.2 Å². The molecule has 1 saturated heterocycles. The number of aliphatic hydroxyl groups excluding tert-OH is 1. The van der Waals surface area contributed by atoms with Crippen LogP contribution in [0.4, 0.5) is 0 Å². The fourth-order valence-electron chi connectivity index (χ4n) is 3.67. The Hall–Kier alpha value is -1.82. The van der Waals surface area contributed by atoms with E-state index in [-0.39, 0.29) is 23.4 Å². The normalized spacial score (nSPS) is 16.5. The van der Waals surface area contributed by atoms with Crippen LogP contribution in [0.25, 0.3) is 0 Å². The Morgan fingerprint density at radius 2 is 1.91 bits per heavy atom. The van der Waals surface area contributed by atoms with Crippen molar-refractivity contribution < 1.29 is 27.8 Å². The highest BCUT2D eigenvalue weighted by Crippen LogP contribution is 2.28. The van der Waals surface area contributed by atoms with Gasteiger partial charge in [0.2, 0.25) is 0 Å². The van der Waals surface area contributed by atoms with Crippen molar-refractivity contribution in [2.24, 2.45) is 7.05 Å². The van der Waals surface area contributed by atoms with Crippen LogP contribution in [0.15, 0.2) is 35.4 Å². The lowest BCUT2D eigenvalue weighted by molar-refractivity contribution is 0.0589. The Balaban J connectivity index is 1.46. The second-order valence-electron chi connectivity index (χ2n) is 7.81. The molecule has 2 heterocycles.